The molecule has 0 saturated carbocycles. The molecule has 1 amide bonds. The SMILES string of the molecule is CC(C)(C)OC(=O)N1CCC(CNCc2cscn2)CC1. The monoisotopic (exact) mass is 311 g/mol. The zero-order chi connectivity index (χ0) is 15.3. The highest BCUT2D eigenvalue weighted by molar-refractivity contribution is 7.07. The number of amides is 1. The minimum absolute atomic E-state index is 0.184. The highest BCUT2D eigenvalue weighted by atomic mass is 32.1. The number of aromatic nitrogens is 1. The van der Waals surface area contributed by atoms with E-state index in [0.29, 0.717) is 5.92 Å². The quantitative estimate of drug-likeness (QED) is 0.929. The van der Waals surface area contributed by atoms with E-state index in [9.17, 15) is 4.79 Å². The molecule has 21 heavy (non-hydrogen) atoms. The highest BCUT2D eigenvalue weighted by Gasteiger charge is 2.26. The first-order chi connectivity index (χ1) is 9.94. The second kappa shape index (κ2) is 7.22. The van der Waals surface area contributed by atoms with Gasteiger partial charge in [0.25, 0.3) is 0 Å². The van der Waals surface area contributed by atoms with E-state index in [0.717, 1.165) is 44.7 Å². The molecule has 0 spiro atoms. The Morgan fingerprint density at radius 1 is 1.48 bits per heavy atom. The van der Waals surface area contributed by atoms with Crippen molar-refractivity contribution in [2.45, 2.75) is 45.8 Å². The molecule has 6 heteroatoms. The van der Waals surface area contributed by atoms with E-state index in [1.54, 1.807) is 11.3 Å². The van der Waals surface area contributed by atoms with Crippen LogP contribution < -0.4 is 5.32 Å². The fourth-order valence-corrected chi connectivity index (χ4v) is 2.93. The molecule has 1 saturated heterocycles. The van der Waals surface area contributed by atoms with Gasteiger partial charge < -0.3 is 15.0 Å². The molecule has 1 fully saturated rings. The predicted molar refractivity (Wildman–Crippen MR) is 84.4 cm³/mol. The van der Waals surface area contributed by atoms with Gasteiger partial charge in [-0.3, -0.25) is 0 Å². The van der Waals surface area contributed by atoms with Crippen molar-refractivity contribution in [2.75, 3.05) is 19.6 Å². The molecule has 1 aromatic heterocycles. The second-order valence-electron chi connectivity index (χ2n) is 6.52. The Bertz CT molecular complexity index is 434. The van der Waals surface area contributed by atoms with E-state index >= 15 is 0 Å². The number of carbonyl (C=O) groups is 1. The summed E-state index contributed by atoms with van der Waals surface area (Å²) >= 11 is 1.62. The van der Waals surface area contributed by atoms with Gasteiger partial charge in [0.2, 0.25) is 0 Å². The molecule has 1 aliphatic rings. The number of hydrogen-bond acceptors (Lipinski definition) is 5. The van der Waals surface area contributed by atoms with Crippen LogP contribution in [0.15, 0.2) is 10.9 Å². The Balaban J connectivity index is 1.65. The molecule has 2 rings (SSSR count). The Hall–Kier alpha value is -1.14. The van der Waals surface area contributed by atoms with Crippen LogP contribution in [0.3, 0.4) is 0 Å². The van der Waals surface area contributed by atoms with E-state index in [-0.39, 0.29) is 6.09 Å². The third-order valence-corrected chi connectivity index (χ3v) is 4.12. The molecule has 1 aromatic rings. The standard InChI is InChI=1S/C15H25N3O2S/c1-15(2,3)20-14(19)18-6-4-12(5-7-18)8-16-9-13-10-21-11-17-13/h10-12,16H,4-9H2,1-3H3. The van der Waals surface area contributed by atoms with Crippen LogP contribution in [-0.4, -0.2) is 41.2 Å². The number of likely N-dealkylation sites (tertiary alicyclic amines) is 1. The molecule has 0 atom stereocenters. The highest BCUT2D eigenvalue weighted by Crippen LogP contribution is 2.19. The number of ether oxygens (including phenoxy) is 1. The van der Waals surface area contributed by atoms with E-state index in [2.05, 4.69) is 15.7 Å². The fourth-order valence-electron chi connectivity index (χ4n) is 2.38. The van der Waals surface area contributed by atoms with E-state index < -0.39 is 5.60 Å². The van der Waals surface area contributed by atoms with Crippen molar-refractivity contribution in [3.05, 3.63) is 16.6 Å². The Kier molecular flexibility index (Phi) is 5.58. The number of hydrogen-bond donors (Lipinski definition) is 1. The van der Waals surface area contributed by atoms with Crippen molar-refractivity contribution < 1.29 is 9.53 Å². The molecule has 0 bridgehead atoms. The summed E-state index contributed by atoms with van der Waals surface area (Å²) in [6, 6.07) is 0. The Morgan fingerprint density at radius 2 is 2.19 bits per heavy atom. The number of piperidine rings is 1. The van der Waals surface area contributed by atoms with Crippen LogP contribution in [0.5, 0.6) is 0 Å². The zero-order valence-electron chi connectivity index (χ0n) is 13.1. The summed E-state index contributed by atoms with van der Waals surface area (Å²) in [7, 11) is 0. The van der Waals surface area contributed by atoms with Gasteiger partial charge in [-0.2, -0.15) is 0 Å². The summed E-state index contributed by atoms with van der Waals surface area (Å²) in [5.74, 6) is 0.627. The second-order valence-corrected chi connectivity index (χ2v) is 7.24. The van der Waals surface area contributed by atoms with Crippen LogP contribution in [0.4, 0.5) is 4.79 Å². The van der Waals surface area contributed by atoms with Crippen LogP contribution in [-0.2, 0) is 11.3 Å². The Labute approximate surface area is 130 Å². The van der Waals surface area contributed by atoms with Crippen molar-refractivity contribution in [1.82, 2.24) is 15.2 Å². The molecular formula is C15H25N3O2S. The lowest BCUT2D eigenvalue weighted by molar-refractivity contribution is 0.0184. The lowest BCUT2D eigenvalue weighted by Gasteiger charge is -2.33. The summed E-state index contributed by atoms with van der Waals surface area (Å²) in [4.78, 5) is 18.0. The Morgan fingerprint density at radius 3 is 2.76 bits per heavy atom. The minimum Gasteiger partial charge on any atom is -0.444 e. The van der Waals surface area contributed by atoms with Crippen LogP contribution in [0.25, 0.3) is 0 Å². The van der Waals surface area contributed by atoms with Crippen molar-refractivity contribution in [2.24, 2.45) is 5.92 Å². The van der Waals surface area contributed by atoms with Gasteiger partial charge in [0.05, 0.1) is 11.2 Å². The smallest absolute Gasteiger partial charge is 0.410 e. The van der Waals surface area contributed by atoms with Gasteiger partial charge in [-0.05, 0) is 46.1 Å². The molecule has 5 nitrogen and oxygen atoms in total. The maximum Gasteiger partial charge on any atom is 0.410 e. The van der Waals surface area contributed by atoms with Gasteiger partial charge in [0.15, 0.2) is 0 Å². The molecule has 0 radical (unpaired) electrons. The maximum atomic E-state index is 12.0. The van der Waals surface area contributed by atoms with E-state index in [1.165, 1.54) is 0 Å². The number of nitrogens with zero attached hydrogens (tertiary/aromatic N) is 2. The fraction of sp³-hybridized carbons (Fsp3) is 0.733. The molecule has 0 aliphatic carbocycles. The van der Waals surface area contributed by atoms with Crippen LogP contribution in [0.1, 0.15) is 39.3 Å². The third kappa shape index (κ3) is 5.63. The van der Waals surface area contributed by atoms with Crippen molar-refractivity contribution >= 4 is 17.4 Å². The van der Waals surface area contributed by atoms with Crippen LogP contribution >= 0.6 is 11.3 Å². The van der Waals surface area contributed by atoms with Crippen molar-refractivity contribution in [3.8, 4) is 0 Å². The van der Waals surface area contributed by atoms with E-state index in [1.807, 2.05) is 31.2 Å². The van der Waals surface area contributed by atoms with Gasteiger partial charge in [-0.25, -0.2) is 9.78 Å². The van der Waals surface area contributed by atoms with Gasteiger partial charge in [-0.1, -0.05) is 0 Å². The summed E-state index contributed by atoms with van der Waals surface area (Å²) in [5.41, 5.74) is 2.55. The molecule has 118 valence electrons. The van der Waals surface area contributed by atoms with E-state index in [4.69, 9.17) is 4.74 Å². The summed E-state index contributed by atoms with van der Waals surface area (Å²) in [5, 5.41) is 5.52. The first-order valence-corrected chi connectivity index (χ1v) is 8.44. The molecular weight excluding hydrogens is 286 g/mol. The molecule has 0 unspecified atom stereocenters. The third-order valence-electron chi connectivity index (χ3n) is 3.49. The van der Waals surface area contributed by atoms with Gasteiger partial charge in [0.1, 0.15) is 5.60 Å². The van der Waals surface area contributed by atoms with Crippen molar-refractivity contribution in [1.29, 1.82) is 0 Å². The largest absolute Gasteiger partial charge is 0.444 e. The number of thiazole rings is 1. The van der Waals surface area contributed by atoms with Gasteiger partial charge in [0, 0.05) is 25.0 Å². The lowest BCUT2D eigenvalue weighted by atomic mass is 9.97. The number of nitrogens with one attached hydrogen (secondary N) is 1. The zero-order valence-corrected chi connectivity index (χ0v) is 13.9. The van der Waals surface area contributed by atoms with Crippen LogP contribution in [0.2, 0.25) is 0 Å². The van der Waals surface area contributed by atoms with Gasteiger partial charge in [-0.15, -0.1) is 11.3 Å². The van der Waals surface area contributed by atoms with Crippen molar-refractivity contribution in [3.63, 3.8) is 0 Å². The molecule has 1 N–H and O–H groups in total. The first kappa shape index (κ1) is 16.2. The number of carbonyl (C=O) groups excluding carboxylic acids is 1. The van der Waals surface area contributed by atoms with Gasteiger partial charge >= 0.3 is 6.09 Å². The predicted octanol–water partition coefficient (Wildman–Crippen LogP) is 2.88. The summed E-state index contributed by atoms with van der Waals surface area (Å²) in [6.07, 6.45) is 1.88. The average molecular weight is 311 g/mol. The first-order valence-electron chi connectivity index (χ1n) is 7.50. The normalized spacial score (nSPS) is 17.0. The molecule has 2 heterocycles. The molecule has 0 aromatic carbocycles. The number of rotatable bonds is 4. The maximum absolute atomic E-state index is 12.0. The minimum atomic E-state index is -0.414. The molecule has 1 aliphatic heterocycles. The summed E-state index contributed by atoms with van der Waals surface area (Å²) < 4.78 is 5.41. The topological polar surface area (TPSA) is 54.5 Å². The average Bonchev–Trinajstić information content (AvgIpc) is 2.91. The van der Waals surface area contributed by atoms with Crippen LogP contribution in [0, 0.1) is 5.92 Å². The summed E-state index contributed by atoms with van der Waals surface area (Å²) in [6.45, 7) is 9.10. The lowest BCUT2D eigenvalue weighted by Crippen LogP contribution is -2.43.